The second-order valence-electron chi connectivity index (χ2n) is 5.02. The van der Waals surface area contributed by atoms with E-state index in [1.54, 1.807) is 11.8 Å². The monoisotopic (exact) mass is 444 g/mol. The molecule has 0 saturated heterocycles. The molecule has 7 nitrogen and oxygen atoms in total. The molecular formula is C16H25IN6O. The van der Waals surface area contributed by atoms with Crippen molar-refractivity contribution in [2.75, 3.05) is 20.2 Å². The zero-order valence-corrected chi connectivity index (χ0v) is 16.7. The third kappa shape index (κ3) is 6.34. The number of aliphatic imine (C=N–C) groups is 1. The first-order valence-corrected chi connectivity index (χ1v) is 7.71. The van der Waals surface area contributed by atoms with Gasteiger partial charge in [0.25, 0.3) is 0 Å². The Labute approximate surface area is 159 Å². The van der Waals surface area contributed by atoms with Crippen LogP contribution in [0.15, 0.2) is 35.6 Å². The SMILES string of the molecule is CCNC(=NCc1ncnn1C)NCCc1cccc(OC)c1.I. The molecule has 2 rings (SSSR count). The van der Waals surface area contributed by atoms with E-state index in [2.05, 4.69) is 31.8 Å². The van der Waals surface area contributed by atoms with Crippen molar-refractivity contribution in [2.45, 2.75) is 19.9 Å². The van der Waals surface area contributed by atoms with Gasteiger partial charge in [0.05, 0.1) is 7.11 Å². The summed E-state index contributed by atoms with van der Waals surface area (Å²) in [5.41, 5.74) is 1.22. The highest BCUT2D eigenvalue weighted by Crippen LogP contribution is 2.12. The molecule has 0 aliphatic rings. The van der Waals surface area contributed by atoms with E-state index in [1.807, 2.05) is 32.2 Å². The predicted molar refractivity (Wildman–Crippen MR) is 106 cm³/mol. The Morgan fingerprint density at radius 3 is 2.83 bits per heavy atom. The Hall–Kier alpha value is -1.84. The van der Waals surface area contributed by atoms with Crippen LogP contribution in [0.5, 0.6) is 5.75 Å². The van der Waals surface area contributed by atoms with E-state index in [1.165, 1.54) is 11.9 Å². The molecule has 0 saturated carbocycles. The normalized spacial score (nSPS) is 10.9. The van der Waals surface area contributed by atoms with Crippen LogP contribution in [0, 0.1) is 0 Å². The number of aryl methyl sites for hydroxylation is 1. The molecule has 0 unspecified atom stereocenters. The lowest BCUT2D eigenvalue weighted by molar-refractivity contribution is 0.414. The van der Waals surface area contributed by atoms with E-state index in [4.69, 9.17) is 4.74 Å². The summed E-state index contributed by atoms with van der Waals surface area (Å²) in [4.78, 5) is 8.70. The number of guanidine groups is 1. The number of halogens is 1. The molecule has 1 aromatic carbocycles. The summed E-state index contributed by atoms with van der Waals surface area (Å²) in [6, 6.07) is 8.09. The van der Waals surface area contributed by atoms with Crippen LogP contribution >= 0.6 is 24.0 Å². The van der Waals surface area contributed by atoms with Gasteiger partial charge < -0.3 is 15.4 Å². The second kappa shape index (κ2) is 10.8. The molecule has 1 heterocycles. The fourth-order valence-electron chi connectivity index (χ4n) is 2.11. The summed E-state index contributed by atoms with van der Waals surface area (Å²) in [5.74, 6) is 2.48. The van der Waals surface area contributed by atoms with Crippen LogP contribution in [0.3, 0.4) is 0 Å². The quantitative estimate of drug-likeness (QED) is 0.387. The number of methoxy groups -OCH3 is 1. The number of aromatic nitrogens is 3. The largest absolute Gasteiger partial charge is 0.497 e. The first-order valence-electron chi connectivity index (χ1n) is 7.71. The van der Waals surface area contributed by atoms with E-state index in [9.17, 15) is 0 Å². The molecule has 0 fully saturated rings. The molecule has 132 valence electrons. The molecule has 0 radical (unpaired) electrons. The minimum Gasteiger partial charge on any atom is -0.497 e. The van der Waals surface area contributed by atoms with Crippen LogP contribution in [0.25, 0.3) is 0 Å². The lowest BCUT2D eigenvalue weighted by atomic mass is 10.1. The van der Waals surface area contributed by atoms with E-state index >= 15 is 0 Å². The molecule has 0 amide bonds. The Bertz CT molecular complexity index is 643. The number of hydrogen-bond donors (Lipinski definition) is 2. The van der Waals surface area contributed by atoms with Gasteiger partial charge in [-0.05, 0) is 31.0 Å². The van der Waals surface area contributed by atoms with Gasteiger partial charge in [0.15, 0.2) is 5.96 Å². The standard InChI is InChI=1S/C16H24N6O.HI/c1-4-17-16(19-11-15-20-12-21-22(15)2)18-9-8-13-6-5-7-14(10-13)23-3;/h5-7,10,12H,4,8-9,11H2,1-3H3,(H2,17,18,19);1H. The zero-order chi connectivity index (χ0) is 16.5. The number of nitrogens with zero attached hydrogens (tertiary/aromatic N) is 4. The van der Waals surface area contributed by atoms with Crippen molar-refractivity contribution < 1.29 is 4.74 Å². The van der Waals surface area contributed by atoms with Crippen molar-refractivity contribution in [3.05, 3.63) is 42.0 Å². The molecule has 0 atom stereocenters. The predicted octanol–water partition coefficient (Wildman–Crippen LogP) is 1.74. The fraction of sp³-hybridized carbons (Fsp3) is 0.438. The first-order chi connectivity index (χ1) is 11.2. The smallest absolute Gasteiger partial charge is 0.191 e. The molecular weight excluding hydrogens is 419 g/mol. The van der Waals surface area contributed by atoms with Gasteiger partial charge in [0.2, 0.25) is 0 Å². The van der Waals surface area contributed by atoms with Crippen LogP contribution in [0.2, 0.25) is 0 Å². The van der Waals surface area contributed by atoms with Gasteiger partial charge in [0.1, 0.15) is 24.4 Å². The van der Waals surface area contributed by atoms with Gasteiger partial charge in [-0.1, -0.05) is 12.1 Å². The molecule has 1 aromatic heterocycles. The van der Waals surface area contributed by atoms with Crippen LogP contribution in [-0.4, -0.2) is 40.9 Å². The Balaban J connectivity index is 0.00000288. The van der Waals surface area contributed by atoms with Crippen LogP contribution in [-0.2, 0) is 20.0 Å². The second-order valence-corrected chi connectivity index (χ2v) is 5.02. The summed E-state index contributed by atoms with van der Waals surface area (Å²) in [7, 11) is 3.54. The number of benzene rings is 1. The molecule has 24 heavy (non-hydrogen) atoms. The van der Waals surface area contributed by atoms with Crippen molar-refractivity contribution in [3.8, 4) is 5.75 Å². The topological polar surface area (TPSA) is 76.4 Å². The van der Waals surface area contributed by atoms with E-state index in [-0.39, 0.29) is 24.0 Å². The molecule has 8 heteroatoms. The highest BCUT2D eigenvalue weighted by atomic mass is 127. The minimum absolute atomic E-state index is 0. The average molecular weight is 444 g/mol. The van der Waals surface area contributed by atoms with Gasteiger partial charge in [-0.25, -0.2) is 9.98 Å². The van der Waals surface area contributed by atoms with E-state index < -0.39 is 0 Å². The van der Waals surface area contributed by atoms with Gasteiger partial charge in [0, 0.05) is 20.1 Å². The van der Waals surface area contributed by atoms with Gasteiger partial charge in [-0.15, -0.1) is 24.0 Å². The van der Waals surface area contributed by atoms with Gasteiger partial charge in [-0.2, -0.15) is 5.10 Å². The first kappa shape index (κ1) is 20.2. The maximum Gasteiger partial charge on any atom is 0.191 e. The summed E-state index contributed by atoms with van der Waals surface area (Å²) >= 11 is 0. The Morgan fingerprint density at radius 2 is 2.17 bits per heavy atom. The molecule has 0 aliphatic heterocycles. The van der Waals surface area contributed by atoms with Crippen molar-refractivity contribution in [1.82, 2.24) is 25.4 Å². The van der Waals surface area contributed by atoms with Crippen molar-refractivity contribution >= 4 is 29.9 Å². The molecule has 2 aromatic rings. The van der Waals surface area contributed by atoms with Crippen molar-refractivity contribution in [3.63, 3.8) is 0 Å². The third-order valence-corrected chi connectivity index (χ3v) is 3.37. The van der Waals surface area contributed by atoms with Crippen molar-refractivity contribution in [1.29, 1.82) is 0 Å². The maximum atomic E-state index is 5.24. The Kier molecular flexibility index (Phi) is 9.13. The molecule has 0 bridgehead atoms. The van der Waals surface area contributed by atoms with E-state index in [0.29, 0.717) is 6.54 Å². The highest BCUT2D eigenvalue weighted by Gasteiger charge is 2.02. The number of nitrogens with one attached hydrogen (secondary N) is 2. The van der Waals surface area contributed by atoms with Gasteiger partial charge >= 0.3 is 0 Å². The summed E-state index contributed by atoms with van der Waals surface area (Å²) in [5, 5.41) is 10.6. The van der Waals surface area contributed by atoms with Crippen LogP contribution in [0.1, 0.15) is 18.3 Å². The fourth-order valence-corrected chi connectivity index (χ4v) is 2.11. The van der Waals surface area contributed by atoms with Gasteiger partial charge in [-0.3, -0.25) is 4.68 Å². The summed E-state index contributed by atoms with van der Waals surface area (Å²) in [6.07, 6.45) is 2.43. The number of hydrogen-bond acceptors (Lipinski definition) is 4. The third-order valence-electron chi connectivity index (χ3n) is 3.37. The van der Waals surface area contributed by atoms with Crippen molar-refractivity contribution in [2.24, 2.45) is 12.0 Å². The minimum atomic E-state index is 0. The van der Waals surface area contributed by atoms with E-state index in [0.717, 1.165) is 37.0 Å². The highest BCUT2D eigenvalue weighted by molar-refractivity contribution is 14.0. The Morgan fingerprint density at radius 1 is 1.33 bits per heavy atom. The lowest BCUT2D eigenvalue weighted by Gasteiger charge is -2.11. The number of rotatable bonds is 7. The van der Waals surface area contributed by atoms with Crippen LogP contribution < -0.4 is 15.4 Å². The number of ether oxygens (including phenoxy) is 1. The summed E-state index contributed by atoms with van der Waals surface area (Å²) < 4.78 is 6.97. The molecule has 2 N–H and O–H groups in total. The maximum absolute atomic E-state index is 5.24. The molecule has 0 spiro atoms. The summed E-state index contributed by atoms with van der Waals surface area (Å²) in [6.45, 7) is 4.13. The molecule has 0 aliphatic carbocycles. The average Bonchev–Trinajstić information content (AvgIpc) is 2.98. The zero-order valence-electron chi connectivity index (χ0n) is 14.3. The lowest BCUT2D eigenvalue weighted by Crippen LogP contribution is -2.38. The van der Waals surface area contributed by atoms with Crippen LogP contribution in [0.4, 0.5) is 0 Å².